The number of nitriles is 1. The third-order valence-electron chi connectivity index (χ3n) is 1.62. The van der Waals surface area contributed by atoms with Gasteiger partial charge < -0.3 is 9.84 Å². The van der Waals surface area contributed by atoms with Gasteiger partial charge in [-0.2, -0.15) is 5.26 Å². The molecule has 14 heavy (non-hydrogen) atoms. The second kappa shape index (κ2) is 4.28. The van der Waals surface area contributed by atoms with Crippen LogP contribution in [0.5, 0.6) is 5.75 Å². The van der Waals surface area contributed by atoms with Crippen LogP contribution in [0.4, 0.5) is 0 Å². The van der Waals surface area contributed by atoms with Crippen molar-refractivity contribution in [1.82, 2.24) is 0 Å². The number of aromatic hydroxyl groups is 1. The Morgan fingerprint density at radius 1 is 1.64 bits per heavy atom. The van der Waals surface area contributed by atoms with Crippen LogP contribution in [0.2, 0.25) is 0 Å². The number of carbonyl (C=O) groups is 1. The molecule has 1 rings (SSSR count). The Balaban J connectivity index is 3.01. The van der Waals surface area contributed by atoms with Gasteiger partial charge in [-0.25, -0.2) is 4.79 Å². The van der Waals surface area contributed by atoms with Crippen LogP contribution in [0.1, 0.15) is 22.8 Å². The van der Waals surface area contributed by atoms with E-state index in [0.29, 0.717) is 5.56 Å². The molecule has 4 heteroatoms. The van der Waals surface area contributed by atoms with Crippen LogP contribution < -0.4 is 0 Å². The molecule has 0 aliphatic heterocycles. The van der Waals surface area contributed by atoms with Gasteiger partial charge >= 0.3 is 5.97 Å². The van der Waals surface area contributed by atoms with Crippen LogP contribution in [0.25, 0.3) is 0 Å². The van der Waals surface area contributed by atoms with E-state index in [1.807, 2.05) is 6.07 Å². The first kappa shape index (κ1) is 10.1. The molecule has 0 amide bonds. The summed E-state index contributed by atoms with van der Waals surface area (Å²) in [5, 5.41) is 17.9. The number of nitrogens with zero attached hydrogens (tertiary/aromatic N) is 1. The van der Waals surface area contributed by atoms with Gasteiger partial charge in [0, 0.05) is 0 Å². The van der Waals surface area contributed by atoms with Crippen molar-refractivity contribution < 1.29 is 14.6 Å². The summed E-state index contributed by atoms with van der Waals surface area (Å²) < 4.78 is 4.70. The summed E-state index contributed by atoms with van der Waals surface area (Å²) in [6.45, 7) is 1.93. The number of phenolic OH excluding ortho intramolecular Hbond substituents is 1. The molecule has 0 saturated carbocycles. The van der Waals surface area contributed by atoms with Gasteiger partial charge in [0.25, 0.3) is 0 Å². The standard InChI is InChI=1S/C10H9NO3/c1-2-14-10(13)8-4-3-7(6-11)5-9(8)12/h3-5,12H,2H2,1H3. The average Bonchev–Trinajstić information content (AvgIpc) is 2.17. The minimum atomic E-state index is -0.588. The van der Waals surface area contributed by atoms with Gasteiger partial charge in [-0.15, -0.1) is 0 Å². The van der Waals surface area contributed by atoms with Crippen molar-refractivity contribution >= 4 is 5.97 Å². The van der Waals surface area contributed by atoms with Crippen LogP contribution in [0.3, 0.4) is 0 Å². The fraction of sp³-hybridized carbons (Fsp3) is 0.200. The molecular formula is C10H9NO3. The molecule has 0 atom stereocenters. The fourth-order valence-electron chi connectivity index (χ4n) is 0.983. The van der Waals surface area contributed by atoms with Crippen molar-refractivity contribution in [2.45, 2.75) is 6.92 Å². The summed E-state index contributed by atoms with van der Waals surface area (Å²) in [4.78, 5) is 11.2. The SMILES string of the molecule is CCOC(=O)c1ccc(C#N)cc1O. The van der Waals surface area contributed by atoms with E-state index in [1.54, 1.807) is 6.92 Å². The maximum absolute atomic E-state index is 11.2. The maximum atomic E-state index is 11.2. The molecule has 1 aromatic rings. The van der Waals surface area contributed by atoms with Gasteiger partial charge in [0.05, 0.1) is 18.2 Å². The number of ether oxygens (including phenoxy) is 1. The molecule has 0 spiro atoms. The molecular weight excluding hydrogens is 182 g/mol. The lowest BCUT2D eigenvalue weighted by Gasteiger charge is -2.03. The molecule has 1 N–H and O–H groups in total. The average molecular weight is 191 g/mol. The molecule has 1 aromatic carbocycles. The van der Waals surface area contributed by atoms with Crippen LogP contribution in [-0.4, -0.2) is 17.7 Å². The third-order valence-corrected chi connectivity index (χ3v) is 1.62. The largest absolute Gasteiger partial charge is 0.507 e. The Hall–Kier alpha value is -2.02. The predicted molar refractivity (Wildman–Crippen MR) is 48.8 cm³/mol. The highest BCUT2D eigenvalue weighted by Gasteiger charge is 2.11. The molecule has 0 fully saturated rings. The van der Waals surface area contributed by atoms with Crippen molar-refractivity contribution in [3.05, 3.63) is 29.3 Å². The van der Waals surface area contributed by atoms with Gasteiger partial charge in [-0.3, -0.25) is 0 Å². The predicted octanol–water partition coefficient (Wildman–Crippen LogP) is 1.44. The molecule has 0 unspecified atom stereocenters. The van der Waals surface area contributed by atoms with E-state index >= 15 is 0 Å². The lowest BCUT2D eigenvalue weighted by atomic mass is 10.1. The zero-order chi connectivity index (χ0) is 10.6. The minimum absolute atomic E-state index is 0.0749. The van der Waals surface area contributed by atoms with Crippen molar-refractivity contribution in [3.63, 3.8) is 0 Å². The first-order valence-electron chi connectivity index (χ1n) is 4.09. The Kier molecular flexibility index (Phi) is 3.08. The normalized spacial score (nSPS) is 9.14. The number of phenols is 1. The van der Waals surface area contributed by atoms with E-state index < -0.39 is 5.97 Å². The van der Waals surface area contributed by atoms with Gasteiger partial charge in [0.1, 0.15) is 11.3 Å². The molecule has 0 radical (unpaired) electrons. The number of hydrogen-bond donors (Lipinski definition) is 1. The number of benzene rings is 1. The molecule has 0 aliphatic rings. The zero-order valence-electron chi connectivity index (χ0n) is 7.65. The van der Waals surface area contributed by atoms with Gasteiger partial charge in [0.2, 0.25) is 0 Å². The molecule has 0 bridgehead atoms. The first-order valence-corrected chi connectivity index (χ1v) is 4.09. The highest BCUT2D eigenvalue weighted by Crippen LogP contribution is 2.19. The van der Waals surface area contributed by atoms with Crippen LogP contribution in [0.15, 0.2) is 18.2 Å². The summed E-state index contributed by atoms with van der Waals surface area (Å²) in [5.41, 5.74) is 0.376. The molecule has 0 heterocycles. The van der Waals surface area contributed by atoms with E-state index in [1.165, 1.54) is 18.2 Å². The Bertz CT molecular complexity index is 393. The lowest BCUT2D eigenvalue weighted by molar-refractivity contribution is 0.0523. The van der Waals surface area contributed by atoms with Gasteiger partial charge in [-0.05, 0) is 25.1 Å². The van der Waals surface area contributed by atoms with Gasteiger partial charge in [-0.1, -0.05) is 0 Å². The molecule has 4 nitrogen and oxygen atoms in total. The summed E-state index contributed by atoms with van der Waals surface area (Å²) >= 11 is 0. The van der Waals surface area contributed by atoms with Crippen molar-refractivity contribution in [3.8, 4) is 11.8 Å². The molecule has 0 aromatic heterocycles. The van der Waals surface area contributed by atoms with Crippen molar-refractivity contribution in [2.75, 3.05) is 6.61 Å². The van der Waals surface area contributed by atoms with Gasteiger partial charge in [0.15, 0.2) is 0 Å². The monoisotopic (exact) mass is 191 g/mol. The first-order chi connectivity index (χ1) is 6.69. The third kappa shape index (κ3) is 2.02. The quantitative estimate of drug-likeness (QED) is 0.718. The highest BCUT2D eigenvalue weighted by atomic mass is 16.5. The van der Waals surface area contributed by atoms with E-state index in [-0.39, 0.29) is 17.9 Å². The Morgan fingerprint density at radius 3 is 2.86 bits per heavy atom. The van der Waals surface area contributed by atoms with E-state index in [2.05, 4.69) is 0 Å². The Morgan fingerprint density at radius 2 is 2.36 bits per heavy atom. The summed E-state index contributed by atoms with van der Waals surface area (Å²) in [7, 11) is 0. The topological polar surface area (TPSA) is 70.3 Å². The van der Waals surface area contributed by atoms with E-state index in [4.69, 9.17) is 10.00 Å². The van der Waals surface area contributed by atoms with Crippen LogP contribution in [-0.2, 0) is 4.74 Å². The summed E-state index contributed by atoms with van der Waals surface area (Å²) in [5.74, 6) is -0.822. The molecule has 0 aliphatic carbocycles. The number of esters is 1. The number of hydrogen-bond acceptors (Lipinski definition) is 4. The number of rotatable bonds is 2. The fourth-order valence-corrected chi connectivity index (χ4v) is 0.983. The van der Waals surface area contributed by atoms with Crippen molar-refractivity contribution in [2.24, 2.45) is 0 Å². The zero-order valence-corrected chi connectivity index (χ0v) is 7.65. The minimum Gasteiger partial charge on any atom is -0.507 e. The Labute approximate surface area is 81.4 Å². The second-order valence-electron chi connectivity index (χ2n) is 2.56. The van der Waals surface area contributed by atoms with Crippen LogP contribution >= 0.6 is 0 Å². The summed E-state index contributed by atoms with van der Waals surface area (Å²) in [6, 6.07) is 5.90. The lowest BCUT2D eigenvalue weighted by Crippen LogP contribution is -2.04. The maximum Gasteiger partial charge on any atom is 0.341 e. The summed E-state index contributed by atoms with van der Waals surface area (Å²) in [6.07, 6.45) is 0. The molecule has 0 saturated heterocycles. The van der Waals surface area contributed by atoms with E-state index in [9.17, 15) is 9.90 Å². The van der Waals surface area contributed by atoms with Crippen LogP contribution in [0, 0.1) is 11.3 Å². The van der Waals surface area contributed by atoms with Crippen molar-refractivity contribution in [1.29, 1.82) is 5.26 Å². The van der Waals surface area contributed by atoms with E-state index in [0.717, 1.165) is 0 Å². The highest BCUT2D eigenvalue weighted by molar-refractivity contribution is 5.92. The molecule has 72 valence electrons. The second-order valence-corrected chi connectivity index (χ2v) is 2.56. The number of carbonyl (C=O) groups excluding carboxylic acids is 1. The smallest absolute Gasteiger partial charge is 0.341 e.